The summed E-state index contributed by atoms with van der Waals surface area (Å²) in [7, 11) is 1.77. The molecule has 0 amide bonds. The van der Waals surface area contributed by atoms with Crippen molar-refractivity contribution in [2.45, 2.75) is 45.9 Å². The first-order valence-electron chi connectivity index (χ1n) is 11.2. The van der Waals surface area contributed by atoms with Crippen LogP contribution in [0.4, 0.5) is 0 Å². The van der Waals surface area contributed by atoms with Gasteiger partial charge in [-0.2, -0.15) is 0 Å². The fourth-order valence-corrected chi connectivity index (χ4v) is 4.36. The molecule has 2 heterocycles. The number of hydrogen-bond acceptors (Lipinski definition) is 4. The van der Waals surface area contributed by atoms with E-state index in [0.29, 0.717) is 0 Å². The van der Waals surface area contributed by atoms with Gasteiger partial charge in [0, 0.05) is 44.1 Å². The molecule has 4 nitrogen and oxygen atoms in total. The SMILES string of the molecule is COc1ccc(CN(Cc2ccncc2)Cc2ccc(C)cc2)cc1CN1CCCC1. The molecule has 0 N–H and O–H groups in total. The summed E-state index contributed by atoms with van der Waals surface area (Å²) in [5.41, 5.74) is 6.54. The van der Waals surface area contributed by atoms with E-state index in [9.17, 15) is 0 Å². The average molecular weight is 416 g/mol. The molecule has 3 aromatic rings. The molecule has 1 fully saturated rings. The summed E-state index contributed by atoms with van der Waals surface area (Å²) in [6.07, 6.45) is 6.36. The van der Waals surface area contributed by atoms with Crippen molar-refractivity contribution in [2.24, 2.45) is 0 Å². The van der Waals surface area contributed by atoms with E-state index < -0.39 is 0 Å². The van der Waals surface area contributed by atoms with E-state index in [0.717, 1.165) is 31.9 Å². The van der Waals surface area contributed by atoms with Gasteiger partial charge in [-0.05, 0) is 73.8 Å². The lowest BCUT2D eigenvalue weighted by molar-refractivity contribution is 0.247. The van der Waals surface area contributed by atoms with E-state index in [-0.39, 0.29) is 0 Å². The van der Waals surface area contributed by atoms with Gasteiger partial charge in [0.2, 0.25) is 0 Å². The van der Waals surface area contributed by atoms with Crippen LogP contribution < -0.4 is 4.74 Å². The second-order valence-corrected chi connectivity index (χ2v) is 8.62. The third kappa shape index (κ3) is 6.16. The maximum absolute atomic E-state index is 5.67. The zero-order valence-electron chi connectivity index (χ0n) is 18.8. The molecule has 1 saturated heterocycles. The van der Waals surface area contributed by atoms with E-state index in [1.165, 1.54) is 53.7 Å². The minimum absolute atomic E-state index is 0.893. The molecule has 1 aliphatic rings. The second-order valence-electron chi connectivity index (χ2n) is 8.62. The van der Waals surface area contributed by atoms with Gasteiger partial charge < -0.3 is 4.74 Å². The Balaban J connectivity index is 1.53. The number of aromatic nitrogens is 1. The molecule has 2 aromatic carbocycles. The van der Waals surface area contributed by atoms with Crippen LogP contribution in [-0.4, -0.2) is 35.0 Å². The zero-order valence-corrected chi connectivity index (χ0v) is 18.8. The van der Waals surface area contributed by atoms with Crippen LogP contribution in [0, 0.1) is 6.92 Å². The smallest absolute Gasteiger partial charge is 0.123 e. The van der Waals surface area contributed by atoms with E-state index in [2.05, 4.69) is 76.3 Å². The second kappa shape index (κ2) is 10.6. The topological polar surface area (TPSA) is 28.6 Å². The highest BCUT2D eigenvalue weighted by Crippen LogP contribution is 2.25. The number of benzene rings is 2. The molecule has 0 saturated carbocycles. The molecule has 4 heteroatoms. The third-order valence-corrected chi connectivity index (χ3v) is 6.03. The lowest BCUT2D eigenvalue weighted by atomic mass is 10.1. The Kier molecular flexibility index (Phi) is 7.34. The Hall–Kier alpha value is -2.69. The molecule has 1 aromatic heterocycles. The summed E-state index contributed by atoms with van der Waals surface area (Å²) < 4.78 is 5.67. The van der Waals surface area contributed by atoms with Gasteiger partial charge in [-0.3, -0.25) is 14.8 Å². The van der Waals surface area contributed by atoms with Crippen LogP contribution in [0.1, 0.15) is 40.7 Å². The largest absolute Gasteiger partial charge is 0.496 e. The summed E-state index contributed by atoms with van der Waals surface area (Å²) in [5, 5.41) is 0. The first-order valence-corrected chi connectivity index (χ1v) is 11.2. The quantitative estimate of drug-likeness (QED) is 0.480. The van der Waals surface area contributed by atoms with Crippen LogP contribution in [0.5, 0.6) is 5.75 Å². The molecule has 0 spiro atoms. The van der Waals surface area contributed by atoms with Crippen molar-refractivity contribution < 1.29 is 4.74 Å². The van der Waals surface area contributed by atoms with E-state index in [4.69, 9.17) is 4.74 Å². The number of ether oxygens (including phenoxy) is 1. The highest BCUT2D eigenvalue weighted by Gasteiger charge is 2.16. The number of aryl methyl sites for hydroxylation is 1. The molecular weight excluding hydrogens is 382 g/mol. The van der Waals surface area contributed by atoms with Crippen molar-refractivity contribution in [2.75, 3.05) is 20.2 Å². The highest BCUT2D eigenvalue weighted by molar-refractivity contribution is 5.37. The summed E-state index contributed by atoms with van der Waals surface area (Å²) >= 11 is 0. The fraction of sp³-hybridized carbons (Fsp3) is 0.370. The first kappa shape index (κ1) is 21.5. The fourth-order valence-electron chi connectivity index (χ4n) is 4.36. The monoisotopic (exact) mass is 415 g/mol. The predicted octanol–water partition coefficient (Wildman–Crippen LogP) is 5.20. The standard InChI is InChI=1S/C27H33N3O/c1-22-5-7-23(8-6-22)18-30(19-24-11-13-28-14-12-24)20-25-9-10-27(31-2)26(17-25)21-29-15-3-4-16-29/h5-14,17H,3-4,15-16,18-21H2,1-2H3. The first-order chi connectivity index (χ1) is 15.2. The molecule has 162 valence electrons. The third-order valence-electron chi connectivity index (χ3n) is 6.03. The van der Waals surface area contributed by atoms with Crippen LogP contribution in [-0.2, 0) is 26.2 Å². The number of methoxy groups -OCH3 is 1. The molecule has 0 aliphatic carbocycles. The van der Waals surface area contributed by atoms with E-state index in [1.54, 1.807) is 7.11 Å². The molecule has 31 heavy (non-hydrogen) atoms. The van der Waals surface area contributed by atoms with Gasteiger partial charge >= 0.3 is 0 Å². The van der Waals surface area contributed by atoms with Gasteiger partial charge in [-0.1, -0.05) is 35.9 Å². The molecular formula is C27H33N3O. The minimum Gasteiger partial charge on any atom is -0.496 e. The summed E-state index contributed by atoms with van der Waals surface area (Å²) in [5.74, 6) is 0.995. The van der Waals surface area contributed by atoms with Gasteiger partial charge in [0.25, 0.3) is 0 Å². The lowest BCUT2D eigenvalue weighted by Gasteiger charge is -2.24. The Morgan fingerprint density at radius 3 is 2.13 bits per heavy atom. The maximum Gasteiger partial charge on any atom is 0.123 e. The maximum atomic E-state index is 5.67. The number of likely N-dealkylation sites (tertiary alicyclic amines) is 1. The van der Waals surface area contributed by atoms with Gasteiger partial charge in [0.1, 0.15) is 5.75 Å². The summed E-state index contributed by atoms with van der Waals surface area (Å²) in [6, 6.07) is 19.8. The van der Waals surface area contributed by atoms with Crippen LogP contribution in [0.25, 0.3) is 0 Å². The Morgan fingerprint density at radius 2 is 1.45 bits per heavy atom. The van der Waals surface area contributed by atoms with E-state index >= 15 is 0 Å². The van der Waals surface area contributed by atoms with E-state index in [1.807, 2.05) is 12.4 Å². The van der Waals surface area contributed by atoms with Crippen LogP contribution in [0.2, 0.25) is 0 Å². The van der Waals surface area contributed by atoms with Crippen LogP contribution in [0.3, 0.4) is 0 Å². The van der Waals surface area contributed by atoms with Crippen molar-refractivity contribution >= 4 is 0 Å². The van der Waals surface area contributed by atoms with Crippen molar-refractivity contribution in [3.63, 3.8) is 0 Å². The molecule has 4 rings (SSSR count). The predicted molar refractivity (Wildman–Crippen MR) is 126 cm³/mol. The molecule has 0 bridgehead atoms. The summed E-state index contributed by atoms with van der Waals surface area (Å²) in [4.78, 5) is 9.20. The Bertz CT molecular complexity index is 950. The summed E-state index contributed by atoms with van der Waals surface area (Å²) in [6.45, 7) is 8.19. The molecule has 0 atom stereocenters. The van der Waals surface area contributed by atoms with Gasteiger partial charge in [-0.15, -0.1) is 0 Å². The molecule has 0 unspecified atom stereocenters. The van der Waals surface area contributed by atoms with Crippen LogP contribution in [0.15, 0.2) is 67.0 Å². The van der Waals surface area contributed by atoms with Gasteiger partial charge in [0.05, 0.1) is 7.11 Å². The lowest BCUT2D eigenvalue weighted by Crippen LogP contribution is -2.23. The van der Waals surface area contributed by atoms with Crippen molar-refractivity contribution in [1.82, 2.24) is 14.8 Å². The van der Waals surface area contributed by atoms with Crippen molar-refractivity contribution in [1.29, 1.82) is 0 Å². The Morgan fingerprint density at radius 1 is 0.839 bits per heavy atom. The average Bonchev–Trinajstić information content (AvgIpc) is 3.29. The zero-order chi connectivity index (χ0) is 21.5. The number of hydrogen-bond donors (Lipinski definition) is 0. The van der Waals surface area contributed by atoms with Gasteiger partial charge in [0.15, 0.2) is 0 Å². The number of rotatable bonds is 9. The van der Waals surface area contributed by atoms with Crippen molar-refractivity contribution in [3.05, 3.63) is 94.8 Å². The minimum atomic E-state index is 0.893. The Labute approximate surface area is 186 Å². The van der Waals surface area contributed by atoms with Crippen molar-refractivity contribution in [3.8, 4) is 5.75 Å². The number of nitrogens with zero attached hydrogens (tertiary/aromatic N) is 3. The normalized spacial score (nSPS) is 14.3. The van der Waals surface area contributed by atoms with Gasteiger partial charge in [-0.25, -0.2) is 0 Å². The molecule has 1 aliphatic heterocycles. The molecule has 0 radical (unpaired) electrons. The highest BCUT2D eigenvalue weighted by atomic mass is 16.5. The van der Waals surface area contributed by atoms with Crippen LogP contribution >= 0.6 is 0 Å². The number of pyridine rings is 1.